The van der Waals surface area contributed by atoms with Crippen molar-refractivity contribution in [3.8, 4) is 45.1 Å². The third-order valence-electron chi connectivity index (χ3n) is 11.8. The lowest BCUT2D eigenvalue weighted by Gasteiger charge is -2.15. The molecule has 2 nitrogen and oxygen atoms in total. The van der Waals surface area contributed by atoms with E-state index in [0.29, 0.717) is 5.56 Å². The van der Waals surface area contributed by atoms with E-state index in [2.05, 4.69) is 174 Å². The molecule has 0 aliphatic carbocycles. The van der Waals surface area contributed by atoms with Gasteiger partial charge in [-0.05, 0) is 160 Å². The van der Waals surface area contributed by atoms with Gasteiger partial charge in [-0.15, -0.1) is 0 Å². The fraction of sp³-hybridized carbons (Fsp3) is 0. The van der Waals surface area contributed by atoms with Crippen LogP contribution in [0.3, 0.4) is 0 Å². The number of hydrogen-bond acceptors (Lipinski definition) is 1. The van der Waals surface area contributed by atoms with E-state index in [1.165, 1.54) is 92.6 Å². The zero-order valence-corrected chi connectivity index (χ0v) is 29.7. The molecule has 1 heterocycles. The lowest BCUT2D eigenvalue weighted by atomic mass is 9.89. The van der Waals surface area contributed by atoms with Gasteiger partial charge in [0.05, 0.1) is 22.7 Å². The minimum absolute atomic E-state index is 0.671. The van der Waals surface area contributed by atoms with Gasteiger partial charge in [-0.25, -0.2) is 0 Å². The van der Waals surface area contributed by atoms with Crippen LogP contribution in [0.2, 0.25) is 0 Å². The van der Waals surface area contributed by atoms with E-state index in [1.54, 1.807) is 0 Å². The molecule has 0 atom stereocenters. The maximum Gasteiger partial charge on any atom is 0.0992 e. The van der Waals surface area contributed by atoms with E-state index in [1.807, 2.05) is 18.2 Å². The summed E-state index contributed by atoms with van der Waals surface area (Å²) in [6, 6.07) is 68.8. The molecule has 0 saturated heterocycles. The molecule has 55 heavy (non-hydrogen) atoms. The Balaban J connectivity index is 0.963. The smallest absolute Gasteiger partial charge is 0.0992 e. The quantitative estimate of drug-likeness (QED) is 0.169. The molecule has 0 saturated carbocycles. The maximum absolute atomic E-state index is 9.88. The zero-order valence-electron chi connectivity index (χ0n) is 29.7. The monoisotopic (exact) mass is 694 g/mol. The summed E-state index contributed by atoms with van der Waals surface area (Å²) >= 11 is 0. The summed E-state index contributed by atoms with van der Waals surface area (Å²) in [5.41, 5.74) is 11.3. The van der Waals surface area contributed by atoms with Crippen molar-refractivity contribution in [1.82, 2.24) is 4.57 Å². The van der Waals surface area contributed by atoms with Crippen LogP contribution in [-0.4, -0.2) is 4.57 Å². The summed E-state index contributed by atoms with van der Waals surface area (Å²) in [4.78, 5) is 0. The summed E-state index contributed by atoms with van der Waals surface area (Å²) in [5.74, 6) is 0. The Morgan fingerprint density at radius 1 is 0.309 bits per heavy atom. The fourth-order valence-corrected chi connectivity index (χ4v) is 9.26. The van der Waals surface area contributed by atoms with E-state index in [9.17, 15) is 5.26 Å². The molecule has 1 aromatic heterocycles. The Hall–Kier alpha value is -7.47. The number of hydrogen-bond donors (Lipinski definition) is 0. The SMILES string of the molecule is N#Cc1cc2ccc3cc(-c4ccc5cc(-c6cc7ccc8cc(-c9ccccc9)cc9ccc(c6)c7c89)ccc5c4)cc4c3c2c(c1)n4-c1ccccc1. The highest BCUT2D eigenvalue weighted by Crippen LogP contribution is 2.43. The Labute approximate surface area is 317 Å². The molecule has 0 unspecified atom stereocenters. The summed E-state index contributed by atoms with van der Waals surface area (Å²) < 4.78 is 2.32. The minimum atomic E-state index is 0.671. The van der Waals surface area contributed by atoms with E-state index in [-0.39, 0.29) is 0 Å². The van der Waals surface area contributed by atoms with Gasteiger partial charge < -0.3 is 4.57 Å². The molecule has 0 fully saturated rings. The molecule has 0 aliphatic rings. The Morgan fingerprint density at radius 3 is 1.24 bits per heavy atom. The predicted octanol–water partition coefficient (Wildman–Crippen LogP) is 14.3. The van der Waals surface area contributed by atoms with Gasteiger partial charge in [0.25, 0.3) is 0 Å². The molecular weight excluding hydrogens is 665 g/mol. The van der Waals surface area contributed by atoms with Crippen LogP contribution in [0.15, 0.2) is 182 Å². The lowest BCUT2D eigenvalue weighted by molar-refractivity contribution is 1.18. The molecule has 0 spiro atoms. The van der Waals surface area contributed by atoms with Crippen molar-refractivity contribution >= 4 is 75.7 Å². The second-order valence-corrected chi connectivity index (χ2v) is 14.9. The first-order chi connectivity index (χ1) is 27.2. The van der Waals surface area contributed by atoms with Gasteiger partial charge in [-0.2, -0.15) is 5.26 Å². The summed E-state index contributed by atoms with van der Waals surface area (Å²) in [6.45, 7) is 0. The third kappa shape index (κ3) is 4.48. The lowest BCUT2D eigenvalue weighted by Crippen LogP contribution is -1.94. The zero-order chi connectivity index (χ0) is 36.2. The van der Waals surface area contributed by atoms with Gasteiger partial charge in [0.15, 0.2) is 0 Å². The van der Waals surface area contributed by atoms with Crippen LogP contribution in [0.5, 0.6) is 0 Å². The number of fused-ring (bicyclic) bond motifs is 1. The number of rotatable bonds is 4. The molecule has 12 aromatic rings. The van der Waals surface area contributed by atoms with E-state index >= 15 is 0 Å². The average molecular weight is 695 g/mol. The van der Waals surface area contributed by atoms with Crippen LogP contribution in [0.4, 0.5) is 0 Å². The second kappa shape index (κ2) is 11.3. The Morgan fingerprint density at radius 2 is 0.709 bits per heavy atom. The normalized spacial score (nSPS) is 12.0. The fourth-order valence-electron chi connectivity index (χ4n) is 9.26. The molecule has 2 heteroatoms. The predicted molar refractivity (Wildman–Crippen MR) is 232 cm³/mol. The molecule has 11 aromatic carbocycles. The van der Waals surface area contributed by atoms with Crippen molar-refractivity contribution in [2.75, 3.05) is 0 Å². The molecule has 0 bridgehead atoms. The Bertz CT molecular complexity index is 3460. The van der Waals surface area contributed by atoms with Gasteiger partial charge in [-0.1, -0.05) is 109 Å². The molecule has 0 N–H and O–H groups in total. The number of nitriles is 1. The van der Waals surface area contributed by atoms with E-state index in [4.69, 9.17) is 0 Å². The number of benzene rings is 11. The first-order valence-corrected chi connectivity index (χ1v) is 18.8. The van der Waals surface area contributed by atoms with Crippen LogP contribution < -0.4 is 0 Å². The van der Waals surface area contributed by atoms with Crippen LogP contribution in [0, 0.1) is 11.3 Å². The van der Waals surface area contributed by atoms with Gasteiger partial charge in [0, 0.05) is 16.5 Å². The summed E-state index contributed by atoms with van der Waals surface area (Å²) in [5, 5.41) is 24.8. The van der Waals surface area contributed by atoms with E-state index < -0.39 is 0 Å². The average Bonchev–Trinajstić information content (AvgIpc) is 3.59. The number of aromatic nitrogens is 1. The minimum Gasteiger partial charge on any atom is -0.309 e. The van der Waals surface area contributed by atoms with Crippen molar-refractivity contribution in [2.24, 2.45) is 0 Å². The summed E-state index contributed by atoms with van der Waals surface area (Å²) in [6.07, 6.45) is 0. The summed E-state index contributed by atoms with van der Waals surface area (Å²) in [7, 11) is 0. The third-order valence-corrected chi connectivity index (χ3v) is 11.8. The van der Waals surface area contributed by atoms with Crippen LogP contribution in [0.25, 0.3) is 115 Å². The highest BCUT2D eigenvalue weighted by molar-refractivity contribution is 6.26. The maximum atomic E-state index is 9.88. The molecule has 0 amide bonds. The first-order valence-electron chi connectivity index (χ1n) is 18.8. The van der Waals surface area contributed by atoms with Gasteiger partial charge in [0.1, 0.15) is 0 Å². The highest BCUT2D eigenvalue weighted by Gasteiger charge is 2.19. The van der Waals surface area contributed by atoms with Gasteiger partial charge >= 0.3 is 0 Å². The van der Waals surface area contributed by atoms with E-state index in [0.717, 1.165) is 22.1 Å². The highest BCUT2D eigenvalue weighted by atomic mass is 15.0. The van der Waals surface area contributed by atoms with Crippen LogP contribution in [0.1, 0.15) is 5.56 Å². The topological polar surface area (TPSA) is 28.7 Å². The van der Waals surface area contributed by atoms with Gasteiger partial charge in [-0.3, -0.25) is 0 Å². The molecule has 0 aliphatic heterocycles. The van der Waals surface area contributed by atoms with Crippen LogP contribution in [-0.2, 0) is 0 Å². The standard InChI is InChI=1S/C53H30N2/c54-31-32-21-38-15-20-43-29-46(30-49-53(43)52(38)48(22-32)55(49)47-9-5-2-6-10-47)37-14-12-34-23-36(13-11-35(34)24-37)45-27-41-18-16-39-25-44(33-7-3-1-4-8-33)26-40-17-19-42(28-45)51(41)50(39)40/h1-30H. The van der Waals surface area contributed by atoms with Gasteiger partial charge in [0.2, 0.25) is 0 Å². The molecule has 252 valence electrons. The molecular formula is C53H30N2. The van der Waals surface area contributed by atoms with Crippen molar-refractivity contribution in [1.29, 1.82) is 5.26 Å². The Kier molecular flexibility index (Phi) is 6.15. The van der Waals surface area contributed by atoms with Crippen molar-refractivity contribution in [3.05, 3.63) is 188 Å². The largest absolute Gasteiger partial charge is 0.309 e. The van der Waals surface area contributed by atoms with Crippen molar-refractivity contribution in [3.63, 3.8) is 0 Å². The molecule has 0 radical (unpaired) electrons. The first kappa shape index (κ1) is 30.0. The second-order valence-electron chi connectivity index (χ2n) is 14.9. The number of para-hydroxylation sites is 1. The van der Waals surface area contributed by atoms with Crippen molar-refractivity contribution < 1.29 is 0 Å². The van der Waals surface area contributed by atoms with Crippen LogP contribution >= 0.6 is 0 Å². The van der Waals surface area contributed by atoms with Crippen molar-refractivity contribution in [2.45, 2.75) is 0 Å². The number of nitrogens with zero attached hydrogens (tertiary/aromatic N) is 2. The molecule has 12 rings (SSSR count).